The predicted molar refractivity (Wildman–Crippen MR) is 75.1 cm³/mol. The van der Waals surface area contributed by atoms with Gasteiger partial charge in [-0.05, 0) is 63.5 Å². The molecule has 108 valence electrons. The minimum absolute atomic E-state index is 0.518. The highest BCUT2D eigenvalue weighted by molar-refractivity contribution is 5.79. The van der Waals surface area contributed by atoms with E-state index in [1.165, 1.54) is 44.9 Å². The van der Waals surface area contributed by atoms with Gasteiger partial charge < -0.3 is 5.11 Å². The molecule has 0 spiro atoms. The van der Waals surface area contributed by atoms with Gasteiger partial charge >= 0.3 is 5.97 Å². The van der Waals surface area contributed by atoms with Crippen molar-refractivity contribution in [3.8, 4) is 0 Å². The highest BCUT2D eigenvalue weighted by Crippen LogP contribution is 2.48. The van der Waals surface area contributed by atoms with E-state index in [2.05, 4.69) is 4.90 Å². The summed E-state index contributed by atoms with van der Waals surface area (Å²) in [7, 11) is 0. The van der Waals surface area contributed by atoms with Crippen LogP contribution in [-0.4, -0.2) is 34.6 Å². The van der Waals surface area contributed by atoms with Crippen molar-refractivity contribution >= 4 is 5.97 Å². The van der Waals surface area contributed by atoms with E-state index in [0.29, 0.717) is 5.92 Å². The van der Waals surface area contributed by atoms with Gasteiger partial charge in [-0.15, -0.1) is 0 Å². The number of hydrogen-bond acceptors (Lipinski definition) is 2. The second kappa shape index (κ2) is 5.43. The maximum atomic E-state index is 12.0. The maximum absolute atomic E-state index is 12.0. The summed E-state index contributed by atoms with van der Waals surface area (Å²) in [5.41, 5.74) is -0.518. The van der Waals surface area contributed by atoms with E-state index >= 15 is 0 Å². The van der Waals surface area contributed by atoms with Crippen LogP contribution < -0.4 is 0 Å². The molecule has 2 aliphatic carbocycles. The minimum Gasteiger partial charge on any atom is -0.480 e. The molecule has 3 nitrogen and oxygen atoms in total. The van der Waals surface area contributed by atoms with Gasteiger partial charge in [0.25, 0.3) is 0 Å². The molecule has 0 radical (unpaired) electrons. The Morgan fingerprint density at radius 1 is 0.947 bits per heavy atom. The first-order valence-electron chi connectivity index (χ1n) is 8.21. The Bertz CT molecular complexity index is 332. The maximum Gasteiger partial charge on any atom is 0.324 e. The molecule has 0 aromatic carbocycles. The summed E-state index contributed by atoms with van der Waals surface area (Å²) in [6.07, 6.45) is 11.8. The van der Waals surface area contributed by atoms with Crippen LogP contribution in [0.1, 0.15) is 64.2 Å². The summed E-state index contributed by atoms with van der Waals surface area (Å²) in [6, 6.07) is 0. The first kappa shape index (κ1) is 13.4. The summed E-state index contributed by atoms with van der Waals surface area (Å²) < 4.78 is 0. The molecule has 1 heterocycles. The summed E-state index contributed by atoms with van der Waals surface area (Å²) in [4.78, 5) is 14.4. The van der Waals surface area contributed by atoms with Crippen LogP contribution in [0, 0.1) is 11.8 Å². The van der Waals surface area contributed by atoms with Crippen molar-refractivity contribution in [1.29, 1.82) is 0 Å². The summed E-state index contributed by atoms with van der Waals surface area (Å²) in [5.74, 6) is 0.999. The fraction of sp³-hybridized carbons (Fsp3) is 0.938. The fourth-order valence-electron chi connectivity index (χ4n) is 4.38. The van der Waals surface area contributed by atoms with Gasteiger partial charge in [0, 0.05) is 0 Å². The van der Waals surface area contributed by atoms with Crippen molar-refractivity contribution in [2.24, 2.45) is 11.8 Å². The highest BCUT2D eigenvalue weighted by Gasteiger charge is 2.49. The summed E-state index contributed by atoms with van der Waals surface area (Å²) in [6.45, 7) is 2.01. The van der Waals surface area contributed by atoms with Gasteiger partial charge in [-0.3, -0.25) is 9.69 Å². The zero-order chi connectivity index (χ0) is 13.3. The Balaban J connectivity index is 1.78. The first-order valence-corrected chi connectivity index (χ1v) is 8.21. The molecule has 3 heteroatoms. The molecule has 0 aromatic rings. The lowest BCUT2D eigenvalue weighted by Crippen LogP contribution is -2.57. The molecule has 19 heavy (non-hydrogen) atoms. The fourth-order valence-corrected chi connectivity index (χ4v) is 4.38. The van der Waals surface area contributed by atoms with E-state index in [9.17, 15) is 9.90 Å². The lowest BCUT2D eigenvalue weighted by Gasteiger charge is -2.45. The smallest absolute Gasteiger partial charge is 0.324 e. The molecule has 2 unspecified atom stereocenters. The lowest BCUT2D eigenvalue weighted by atomic mass is 9.72. The molecule has 1 aliphatic heterocycles. The van der Waals surface area contributed by atoms with Crippen LogP contribution in [0.25, 0.3) is 0 Å². The first-order chi connectivity index (χ1) is 9.22. The van der Waals surface area contributed by atoms with Crippen molar-refractivity contribution in [3.63, 3.8) is 0 Å². The third-order valence-electron chi connectivity index (χ3n) is 5.66. The van der Waals surface area contributed by atoms with Crippen molar-refractivity contribution in [2.45, 2.75) is 69.7 Å². The van der Waals surface area contributed by atoms with E-state index in [-0.39, 0.29) is 0 Å². The van der Waals surface area contributed by atoms with Gasteiger partial charge in [-0.1, -0.05) is 25.7 Å². The zero-order valence-corrected chi connectivity index (χ0v) is 11.9. The monoisotopic (exact) mass is 265 g/mol. The van der Waals surface area contributed by atoms with Crippen LogP contribution in [0.4, 0.5) is 0 Å². The molecule has 0 bridgehead atoms. The van der Waals surface area contributed by atoms with E-state index in [4.69, 9.17) is 0 Å². The van der Waals surface area contributed by atoms with Gasteiger partial charge in [-0.25, -0.2) is 0 Å². The van der Waals surface area contributed by atoms with Crippen LogP contribution in [0.2, 0.25) is 0 Å². The topological polar surface area (TPSA) is 40.5 Å². The van der Waals surface area contributed by atoms with Crippen LogP contribution >= 0.6 is 0 Å². The molecule has 0 amide bonds. The van der Waals surface area contributed by atoms with Crippen molar-refractivity contribution < 1.29 is 9.90 Å². The Labute approximate surface area is 116 Å². The lowest BCUT2D eigenvalue weighted by molar-refractivity contribution is -0.156. The average Bonchev–Trinajstić information content (AvgIpc) is 3.25. The second-order valence-corrected chi connectivity index (χ2v) is 6.93. The zero-order valence-electron chi connectivity index (χ0n) is 11.9. The number of carboxylic acid groups (broad SMARTS) is 1. The Morgan fingerprint density at radius 3 is 2.21 bits per heavy atom. The van der Waals surface area contributed by atoms with Crippen LogP contribution in [-0.2, 0) is 4.79 Å². The Kier molecular flexibility index (Phi) is 3.84. The van der Waals surface area contributed by atoms with E-state index in [1.54, 1.807) is 0 Å². The Morgan fingerprint density at radius 2 is 1.63 bits per heavy atom. The van der Waals surface area contributed by atoms with Gasteiger partial charge in [-0.2, -0.15) is 0 Å². The molecule has 3 aliphatic rings. The number of carbonyl (C=O) groups is 1. The summed E-state index contributed by atoms with van der Waals surface area (Å²) >= 11 is 0. The molecule has 1 N–H and O–H groups in total. The van der Waals surface area contributed by atoms with Crippen molar-refractivity contribution in [1.82, 2.24) is 4.90 Å². The summed E-state index contributed by atoms with van der Waals surface area (Å²) in [5, 5.41) is 9.91. The van der Waals surface area contributed by atoms with E-state index in [0.717, 1.165) is 38.3 Å². The standard InChI is InChI=1S/C16H27NO2/c18-15(19)16(17-10-3-1-2-4-11-17)9-5-6-14(12-16)13-7-8-13/h13-14H,1-12H2,(H,18,19). The average molecular weight is 265 g/mol. The van der Waals surface area contributed by atoms with Crippen molar-refractivity contribution in [2.75, 3.05) is 13.1 Å². The second-order valence-electron chi connectivity index (χ2n) is 6.93. The van der Waals surface area contributed by atoms with E-state index < -0.39 is 11.5 Å². The van der Waals surface area contributed by atoms with Crippen LogP contribution in [0.15, 0.2) is 0 Å². The molecule has 2 atom stereocenters. The van der Waals surface area contributed by atoms with Gasteiger partial charge in [0.2, 0.25) is 0 Å². The minimum atomic E-state index is -0.542. The molecule has 3 rings (SSSR count). The molecular formula is C16H27NO2. The molecule has 1 saturated heterocycles. The normalized spacial score (nSPS) is 37.8. The highest BCUT2D eigenvalue weighted by atomic mass is 16.4. The SMILES string of the molecule is O=C(O)C1(N2CCCCCC2)CCCC(C2CC2)C1. The number of likely N-dealkylation sites (tertiary alicyclic amines) is 1. The Hall–Kier alpha value is -0.570. The largest absolute Gasteiger partial charge is 0.480 e. The number of hydrogen-bond donors (Lipinski definition) is 1. The van der Waals surface area contributed by atoms with Crippen molar-refractivity contribution in [3.05, 3.63) is 0 Å². The molecule has 3 fully saturated rings. The quantitative estimate of drug-likeness (QED) is 0.851. The number of nitrogens with zero attached hydrogens (tertiary/aromatic N) is 1. The third-order valence-corrected chi connectivity index (χ3v) is 5.66. The third kappa shape index (κ3) is 2.67. The molecule has 0 aromatic heterocycles. The molecule has 2 saturated carbocycles. The van der Waals surface area contributed by atoms with E-state index in [1.807, 2.05) is 0 Å². The van der Waals surface area contributed by atoms with Gasteiger partial charge in [0.05, 0.1) is 0 Å². The predicted octanol–water partition coefficient (Wildman–Crippen LogP) is 3.29. The molecular weight excluding hydrogens is 238 g/mol. The van der Waals surface area contributed by atoms with Crippen LogP contribution in [0.3, 0.4) is 0 Å². The van der Waals surface area contributed by atoms with Crippen LogP contribution in [0.5, 0.6) is 0 Å². The number of carboxylic acids is 1. The number of aliphatic carboxylic acids is 1. The number of rotatable bonds is 3. The van der Waals surface area contributed by atoms with Gasteiger partial charge in [0.15, 0.2) is 0 Å². The van der Waals surface area contributed by atoms with Gasteiger partial charge in [0.1, 0.15) is 5.54 Å².